The highest BCUT2D eigenvalue weighted by Gasteiger charge is 2.32. The van der Waals surface area contributed by atoms with E-state index >= 15 is 0 Å². The summed E-state index contributed by atoms with van der Waals surface area (Å²) in [6.45, 7) is 0.803. The van der Waals surface area contributed by atoms with Gasteiger partial charge >= 0.3 is 5.97 Å². The predicted octanol–water partition coefficient (Wildman–Crippen LogP) is 2.69. The fourth-order valence-corrected chi connectivity index (χ4v) is 3.73. The number of esters is 1. The highest BCUT2D eigenvalue weighted by Crippen LogP contribution is 2.25. The fourth-order valence-electron chi connectivity index (χ4n) is 3.73. The molecule has 1 saturated heterocycles. The lowest BCUT2D eigenvalue weighted by atomic mass is 10.0. The first-order valence-corrected chi connectivity index (χ1v) is 10.9. The van der Waals surface area contributed by atoms with Crippen LogP contribution in [0.25, 0.3) is 0 Å². The van der Waals surface area contributed by atoms with Gasteiger partial charge in [0.25, 0.3) is 5.91 Å². The Morgan fingerprint density at radius 3 is 2.19 bits per heavy atom. The molecule has 1 heterocycles. The van der Waals surface area contributed by atoms with Crippen LogP contribution in [0.3, 0.4) is 0 Å². The van der Waals surface area contributed by atoms with Gasteiger partial charge in [0.15, 0.2) is 5.78 Å². The number of aromatic hydroxyl groups is 2. The van der Waals surface area contributed by atoms with Gasteiger partial charge in [-0.3, -0.25) is 9.59 Å². The number of phenolic OH excluding ortho intramolecular Hbond substituents is 2. The van der Waals surface area contributed by atoms with E-state index in [4.69, 9.17) is 9.47 Å². The predicted molar refractivity (Wildman–Crippen MR) is 133 cm³/mol. The van der Waals surface area contributed by atoms with Gasteiger partial charge in [-0.25, -0.2) is 4.79 Å². The second kappa shape index (κ2) is 11.6. The quantitative estimate of drug-likeness (QED) is 0.280. The van der Waals surface area contributed by atoms with E-state index in [2.05, 4.69) is 10.6 Å². The maximum atomic E-state index is 12.8. The van der Waals surface area contributed by atoms with Crippen LogP contribution in [0.15, 0.2) is 66.7 Å². The zero-order valence-electron chi connectivity index (χ0n) is 19.3. The first kappa shape index (κ1) is 26.5. The molecular weight excluding hydrogens is 488 g/mol. The van der Waals surface area contributed by atoms with E-state index in [1.165, 1.54) is 67.8 Å². The number of carbonyl (C=O) groups is 3. The Morgan fingerprint density at radius 1 is 0.889 bits per heavy atom. The third-order valence-corrected chi connectivity index (χ3v) is 5.69. The number of carbonyl (C=O) groups excluding carboxylic acids is 3. The fraction of sp³-hybridized carbons (Fsp3) is 0.192. The van der Waals surface area contributed by atoms with Crippen LogP contribution < -0.4 is 15.4 Å². The summed E-state index contributed by atoms with van der Waals surface area (Å²) >= 11 is 0. The number of nitrogens with one attached hydrogen (secondary N) is 2. The van der Waals surface area contributed by atoms with Crippen molar-refractivity contribution >= 4 is 30.1 Å². The molecule has 0 aliphatic carbocycles. The van der Waals surface area contributed by atoms with Gasteiger partial charge in [0.2, 0.25) is 0 Å². The van der Waals surface area contributed by atoms with E-state index in [9.17, 15) is 24.6 Å². The Balaban J connectivity index is 0.00000361. The van der Waals surface area contributed by atoms with E-state index < -0.39 is 23.9 Å². The minimum absolute atomic E-state index is 0. The van der Waals surface area contributed by atoms with Crippen molar-refractivity contribution in [1.29, 1.82) is 0 Å². The highest BCUT2D eigenvalue weighted by atomic mass is 35.5. The van der Waals surface area contributed by atoms with Crippen molar-refractivity contribution in [2.45, 2.75) is 12.1 Å². The third-order valence-electron chi connectivity index (χ3n) is 5.69. The molecule has 3 aromatic carbocycles. The Morgan fingerprint density at radius 2 is 1.53 bits per heavy atom. The molecule has 4 N–H and O–H groups in total. The summed E-state index contributed by atoms with van der Waals surface area (Å²) in [5.74, 6) is -1.03. The number of ketones is 1. The summed E-state index contributed by atoms with van der Waals surface area (Å²) in [6.07, 6.45) is -0.585. The Bertz CT molecular complexity index is 1250. The molecule has 0 aromatic heterocycles. The summed E-state index contributed by atoms with van der Waals surface area (Å²) in [4.78, 5) is 38.0. The van der Waals surface area contributed by atoms with Crippen LogP contribution >= 0.6 is 12.4 Å². The smallest absolute Gasteiger partial charge is 0.338 e. The molecule has 3 aromatic rings. The van der Waals surface area contributed by atoms with Crippen LogP contribution in [0.5, 0.6) is 17.2 Å². The monoisotopic (exact) mass is 512 g/mol. The molecule has 2 atom stereocenters. The number of hydrogen-bond donors (Lipinski definition) is 4. The van der Waals surface area contributed by atoms with E-state index in [1.54, 1.807) is 6.07 Å². The summed E-state index contributed by atoms with van der Waals surface area (Å²) in [7, 11) is 1.46. The van der Waals surface area contributed by atoms with Gasteiger partial charge in [0.05, 0.1) is 24.3 Å². The van der Waals surface area contributed by atoms with Gasteiger partial charge in [0, 0.05) is 24.2 Å². The Hall–Kier alpha value is -4.08. The van der Waals surface area contributed by atoms with E-state index in [0.29, 0.717) is 24.4 Å². The van der Waals surface area contributed by atoms with E-state index in [0.717, 1.165) is 0 Å². The standard InChI is InChI=1S/C26H24N2O7.ClH/c1-34-19-10-11-22(30)20(12-19)24(31)15-2-4-17(5-3-15)26(33)35-23-14-27-13-21(23)28-25(32)16-6-8-18(29)9-7-16;/h2-12,21,23,27,29-30H,13-14H2,1H3,(H,28,32);1H. The Labute approximate surface area is 213 Å². The van der Waals surface area contributed by atoms with Gasteiger partial charge in [-0.15, -0.1) is 12.4 Å². The van der Waals surface area contributed by atoms with Gasteiger partial charge in [-0.2, -0.15) is 0 Å². The van der Waals surface area contributed by atoms with Crippen LogP contribution in [-0.2, 0) is 4.74 Å². The van der Waals surface area contributed by atoms with Crippen molar-refractivity contribution in [3.63, 3.8) is 0 Å². The molecule has 2 unspecified atom stereocenters. The minimum atomic E-state index is -0.592. The maximum Gasteiger partial charge on any atom is 0.338 e. The number of hydrogen-bond acceptors (Lipinski definition) is 8. The van der Waals surface area contributed by atoms with Crippen molar-refractivity contribution in [3.05, 3.63) is 89.0 Å². The lowest BCUT2D eigenvalue weighted by molar-refractivity contribution is 0.0283. The van der Waals surface area contributed by atoms with E-state index in [-0.39, 0.29) is 46.5 Å². The average molecular weight is 513 g/mol. The number of rotatable bonds is 7. The molecule has 0 bridgehead atoms. The van der Waals surface area contributed by atoms with Crippen LogP contribution in [-0.4, -0.2) is 60.2 Å². The average Bonchev–Trinajstić information content (AvgIpc) is 3.30. The van der Waals surface area contributed by atoms with Gasteiger partial charge in [-0.1, -0.05) is 12.1 Å². The summed E-state index contributed by atoms with van der Waals surface area (Å²) in [5.41, 5.74) is 0.990. The number of benzene rings is 3. The lowest BCUT2D eigenvalue weighted by Gasteiger charge is -2.20. The molecule has 1 fully saturated rings. The minimum Gasteiger partial charge on any atom is -0.508 e. The van der Waals surface area contributed by atoms with Gasteiger partial charge in [-0.05, 0) is 54.6 Å². The zero-order chi connectivity index (χ0) is 24.9. The SMILES string of the molecule is COc1ccc(O)c(C(=O)c2ccc(C(=O)OC3CNCC3NC(=O)c3ccc(O)cc3)cc2)c1.Cl. The summed E-state index contributed by atoms with van der Waals surface area (Å²) in [6, 6.07) is 15.7. The summed E-state index contributed by atoms with van der Waals surface area (Å²) in [5, 5.41) is 25.3. The normalized spacial score (nSPS) is 16.5. The second-order valence-electron chi connectivity index (χ2n) is 8.02. The molecule has 36 heavy (non-hydrogen) atoms. The van der Waals surface area contributed by atoms with Crippen LogP contribution in [0.2, 0.25) is 0 Å². The second-order valence-corrected chi connectivity index (χ2v) is 8.02. The first-order valence-electron chi connectivity index (χ1n) is 10.9. The number of halogens is 1. The van der Waals surface area contributed by atoms with Crippen molar-refractivity contribution in [1.82, 2.24) is 10.6 Å². The van der Waals surface area contributed by atoms with Gasteiger partial charge < -0.3 is 30.3 Å². The molecule has 0 saturated carbocycles. The first-order chi connectivity index (χ1) is 16.9. The molecule has 1 amide bonds. The molecular formula is C26H25ClN2O7. The van der Waals surface area contributed by atoms with Crippen LogP contribution in [0.1, 0.15) is 36.6 Å². The number of amides is 1. The molecule has 9 nitrogen and oxygen atoms in total. The van der Waals surface area contributed by atoms with Crippen molar-refractivity contribution < 1.29 is 34.1 Å². The van der Waals surface area contributed by atoms with Crippen molar-refractivity contribution in [2.75, 3.05) is 20.2 Å². The molecule has 4 rings (SSSR count). The molecule has 188 valence electrons. The van der Waals surface area contributed by atoms with Crippen molar-refractivity contribution in [3.8, 4) is 17.2 Å². The number of phenols is 2. The zero-order valence-corrected chi connectivity index (χ0v) is 20.1. The number of methoxy groups -OCH3 is 1. The third kappa shape index (κ3) is 5.94. The molecule has 10 heteroatoms. The molecule has 0 radical (unpaired) electrons. The maximum absolute atomic E-state index is 12.8. The molecule has 1 aliphatic rings. The molecule has 1 aliphatic heterocycles. The topological polar surface area (TPSA) is 134 Å². The van der Waals surface area contributed by atoms with Crippen LogP contribution in [0.4, 0.5) is 0 Å². The Kier molecular flexibility index (Phi) is 8.52. The summed E-state index contributed by atoms with van der Waals surface area (Å²) < 4.78 is 10.7. The largest absolute Gasteiger partial charge is 0.508 e. The lowest BCUT2D eigenvalue weighted by Crippen LogP contribution is -2.44. The number of ether oxygens (including phenoxy) is 2. The van der Waals surface area contributed by atoms with Gasteiger partial charge in [0.1, 0.15) is 23.4 Å². The molecule has 0 spiro atoms. The van der Waals surface area contributed by atoms with E-state index in [1.807, 2.05) is 0 Å². The van der Waals surface area contributed by atoms with Crippen molar-refractivity contribution in [2.24, 2.45) is 0 Å². The van der Waals surface area contributed by atoms with Crippen LogP contribution in [0, 0.1) is 0 Å². The highest BCUT2D eigenvalue weighted by molar-refractivity contribution is 6.11.